The van der Waals surface area contributed by atoms with Crippen molar-refractivity contribution < 1.29 is 27.4 Å². The van der Waals surface area contributed by atoms with Gasteiger partial charge in [0.1, 0.15) is 10.7 Å². The Bertz CT molecular complexity index is 602. The molecule has 0 saturated heterocycles. The number of rotatable bonds is 5. The Hall–Kier alpha value is -1.47. The molecule has 7 heteroatoms. The van der Waals surface area contributed by atoms with Gasteiger partial charge in [-0.15, -0.1) is 0 Å². The summed E-state index contributed by atoms with van der Waals surface area (Å²) in [4.78, 5) is 10.2. The minimum Gasteiger partial charge on any atom is -0.478 e. The highest BCUT2D eigenvalue weighted by atomic mass is 32.2. The smallest absolute Gasteiger partial charge is 0.335 e. The highest BCUT2D eigenvalue weighted by Gasteiger charge is 2.22. The van der Waals surface area contributed by atoms with Crippen molar-refractivity contribution in [1.82, 2.24) is 0 Å². The molecule has 5 nitrogen and oxygen atoms in total. The molecule has 112 valence electrons. The van der Waals surface area contributed by atoms with Gasteiger partial charge in [-0.05, 0) is 39.0 Å². The zero-order valence-corrected chi connectivity index (χ0v) is 12.3. The molecule has 1 rings (SSSR count). The summed E-state index contributed by atoms with van der Waals surface area (Å²) in [5, 5.41) is 8.81. The number of carbonyl (C=O) groups is 1. The fraction of sp³-hybridized carbons (Fsp3) is 0.462. The fourth-order valence-corrected chi connectivity index (χ4v) is 2.64. The lowest BCUT2D eigenvalue weighted by atomic mass is 10.2. The quantitative estimate of drug-likeness (QED) is 0.901. The lowest BCUT2D eigenvalue weighted by molar-refractivity contribution is 0.00643. The van der Waals surface area contributed by atoms with E-state index in [4.69, 9.17) is 9.84 Å². The number of carboxylic acid groups (broad SMARTS) is 1. The molecule has 0 bridgehead atoms. The van der Waals surface area contributed by atoms with Crippen LogP contribution in [0.3, 0.4) is 0 Å². The first-order chi connectivity index (χ1) is 9.03. The zero-order valence-electron chi connectivity index (χ0n) is 11.5. The summed E-state index contributed by atoms with van der Waals surface area (Å²) in [6.07, 6.45) is 0. The number of halogens is 1. The van der Waals surface area contributed by atoms with Crippen molar-refractivity contribution in [3.05, 3.63) is 29.6 Å². The van der Waals surface area contributed by atoms with Crippen LogP contribution in [0, 0.1) is 5.82 Å². The third kappa shape index (κ3) is 4.57. The van der Waals surface area contributed by atoms with Gasteiger partial charge in [-0.3, -0.25) is 0 Å². The van der Waals surface area contributed by atoms with Gasteiger partial charge in [0, 0.05) is 0 Å². The first-order valence-corrected chi connectivity index (χ1v) is 7.58. The van der Waals surface area contributed by atoms with E-state index in [-0.39, 0.29) is 12.2 Å². The van der Waals surface area contributed by atoms with Crippen LogP contribution in [0.15, 0.2) is 23.1 Å². The fourth-order valence-electron chi connectivity index (χ4n) is 1.44. The van der Waals surface area contributed by atoms with Gasteiger partial charge in [0.25, 0.3) is 0 Å². The van der Waals surface area contributed by atoms with Gasteiger partial charge in [-0.25, -0.2) is 17.6 Å². The Morgan fingerprint density at radius 3 is 2.45 bits per heavy atom. The van der Waals surface area contributed by atoms with Crippen molar-refractivity contribution >= 4 is 15.8 Å². The number of carboxylic acids is 1. The average Bonchev–Trinajstić information content (AvgIpc) is 2.26. The van der Waals surface area contributed by atoms with E-state index in [1.165, 1.54) is 0 Å². The normalized spacial score (nSPS) is 12.4. The molecular weight excluding hydrogens is 287 g/mol. The van der Waals surface area contributed by atoms with Gasteiger partial charge in [0.2, 0.25) is 0 Å². The molecule has 0 aromatic heterocycles. The number of ether oxygens (including phenoxy) is 1. The Labute approximate surface area is 117 Å². The third-order valence-electron chi connectivity index (χ3n) is 2.40. The molecule has 1 N–H and O–H groups in total. The summed E-state index contributed by atoms with van der Waals surface area (Å²) in [5.74, 6) is -2.69. The van der Waals surface area contributed by atoms with Crippen LogP contribution in [0.25, 0.3) is 0 Å². The Balaban J connectivity index is 2.97. The predicted octanol–water partition coefficient (Wildman–Crippen LogP) is 2.11. The van der Waals surface area contributed by atoms with E-state index in [0.717, 1.165) is 18.2 Å². The summed E-state index contributed by atoms with van der Waals surface area (Å²) in [6, 6.07) is 2.67. The van der Waals surface area contributed by atoms with E-state index in [1.54, 1.807) is 20.8 Å². The highest BCUT2D eigenvalue weighted by Crippen LogP contribution is 2.19. The van der Waals surface area contributed by atoms with Gasteiger partial charge in [0.05, 0.1) is 23.5 Å². The number of hydrogen-bond acceptors (Lipinski definition) is 4. The van der Waals surface area contributed by atoms with E-state index in [1.807, 2.05) is 0 Å². The largest absolute Gasteiger partial charge is 0.478 e. The van der Waals surface area contributed by atoms with Gasteiger partial charge in [-0.2, -0.15) is 0 Å². The highest BCUT2D eigenvalue weighted by molar-refractivity contribution is 7.91. The van der Waals surface area contributed by atoms with E-state index in [9.17, 15) is 17.6 Å². The standard InChI is InChI=1S/C13H17FO5S/c1-13(2,3)19-6-7-20(17,18)11-8-9(12(15)16)4-5-10(11)14/h4-5,8H,6-7H2,1-3H3,(H,15,16). The molecule has 0 radical (unpaired) electrons. The lowest BCUT2D eigenvalue weighted by Gasteiger charge is -2.19. The van der Waals surface area contributed by atoms with Crippen LogP contribution >= 0.6 is 0 Å². The molecule has 0 saturated carbocycles. The Morgan fingerprint density at radius 2 is 1.95 bits per heavy atom. The molecule has 0 spiro atoms. The molecule has 1 aromatic carbocycles. The molecule has 0 aliphatic carbocycles. The van der Waals surface area contributed by atoms with Gasteiger partial charge >= 0.3 is 5.97 Å². The van der Waals surface area contributed by atoms with Crippen LogP contribution in [-0.2, 0) is 14.6 Å². The summed E-state index contributed by atoms with van der Waals surface area (Å²) < 4.78 is 42.9. The molecule has 0 aliphatic heterocycles. The summed E-state index contributed by atoms with van der Waals surface area (Å²) >= 11 is 0. The second-order valence-corrected chi connectivity index (χ2v) is 7.31. The van der Waals surface area contributed by atoms with Crippen LogP contribution in [0.2, 0.25) is 0 Å². The van der Waals surface area contributed by atoms with Crippen LogP contribution in [0.4, 0.5) is 4.39 Å². The van der Waals surface area contributed by atoms with Crippen molar-refractivity contribution in [2.45, 2.75) is 31.3 Å². The monoisotopic (exact) mass is 304 g/mol. The molecule has 0 unspecified atom stereocenters. The molecule has 20 heavy (non-hydrogen) atoms. The molecule has 0 heterocycles. The van der Waals surface area contributed by atoms with E-state index >= 15 is 0 Å². The predicted molar refractivity (Wildman–Crippen MR) is 71.1 cm³/mol. The maximum absolute atomic E-state index is 13.6. The number of aromatic carboxylic acids is 1. The Kier molecular flexibility index (Phi) is 4.88. The molecule has 0 fully saturated rings. The summed E-state index contributed by atoms with van der Waals surface area (Å²) in [5.41, 5.74) is -0.779. The van der Waals surface area contributed by atoms with Crippen LogP contribution in [0.1, 0.15) is 31.1 Å². The SMILES string of the molecule is CC(C)(C)OCCS(=O)(=O)c1cc(C(=O)O)ccc1F. The number of hydrogen-bond donors (Lipinski definition) is 1. The van der Waals surface area contributed by atoms with E-state index in [2.05, 4.69) is 0 Å². The first kappa shape index (κ1) is 16.6. The molecule has 1 aromatic rings. The average molecular weight is 304 g/mol. The van der Waals surface area contributed by atoms with Crippen molar-refractivity contribution in [2.75, 3.05) is 12.4 Å². The van der Waals surface area contributed by atoms with Crippen LogP contribution in [-0.4, -0.2) is 37.5 Å². The second-order valence-electron chi connectivity index (χ2n) is 5.23. The van der Waals surface area contributed by atoms with Crippen molar-refractivity contribution in [2.24, 2.45) is 0 Å². The molecular formula is C13H17FO5S. The maximum atomic E-state index is 13.6. The van der Waals surface area contributed by atoms with Crippen molar-refractivity contribution in [3.8, 4) is 0 Å². The Morgan fingerprint density at radius 1 is 1.35 bits per heavy atom. The number of benzene rings is 1. The van der Waals surface area contributed by atoms with Gasteiger partial charge in [-0.1, -0.05) is 0 Å². The van der Waals surface area contributed by atoms with Gasteiger partial charge in [0.15, 0.2) is 9.84 Å². The minimum absolute atomic E-state index is 0.0947. The van der Waals surface area contributed by atoms with Crippen molar-refractivity contribution in [1.29, 1.82) is 0 Å². The topological polar surface area (TPSA) is 80.7 Å². The third-order valence-corrected chi connectivity index (χ3v) is 4.09. The first-order valence-electron chi connectivity index (χ1n) is 5.92. The molecule has 0 aliphatic rings. The molecule has 0 amide bonds. The van der Waals surface area contributed by atoms with E-state index < -0.39 is 37.9 Å². The van der Waals surface area contributed by atoms with Gasteiger partial charge < -0.3 is 9.84 Å². The maximum Gasteiger partial charge on any atom is 0.335 e. The van der Waals surface area contributed by atoms with Crippen molar-refractivity contribution in [3.63, 3.8) is 0 Å². The zero-order chi connectivity index (χ0) is 15.6. The minimum atomic E-state index is -3.93. The van der Waals surface area contributed by atoms with E-state index in [0.29, 0.717) is 0 Å². The summed E-state index contributed by atoms with van der Waals surface area (Å²) in [7, 11) is -3.93. The van der Waals surface area contributed by atoms with Crippen LogP contribution in [0.5, 0.6) is 0 Å². The van der Waals surface area contributed by atoms with Crippen LogP contribution < -0.4 is 0 Å². The molecule has 0 atom stereocenters. The number of sulfone groups is 1. The lowest BCUT2D eigenvalue weighted by Crippen LogP contribution is -2.24. The summed E-state index contributed by atoms with van der Waals surface area (Å²) in [6.45, 7) is 5.21. The second kappa shape index (κ2) is 5.88.